The number of hydrogen-bond acceptors (Lipinski definition) is 7. The third-order valence-corrected chi connectivity index (χ3v) is 5.55. The molecule has 0 saturated heterocycles. The van der Waals surface area contributed by atoms with Crippen LogP contribution in [0.2, 0.25) is 0 Å². The van der Waals surface area contributed by atoms with Crippen molar-refractivity contribution < 1.29 is 32.3 Å². The summed E-state index contributed by atoms with van der Waals surface area (Å²) in [7, 11) is -2.63. The molecule has 0 aromatic heterocycles. The largest absolute Gasteiger partial charge is 0.465 e. The summed E-state index contributed by atoms with van der Waals surface area (Å²) in [5, 5.41) is 2.48. The quantitative estimate of drug-likeness (QED) is 0.603. The molecule has 0 unspecified atom stereocenters. The number of aryl methyl sites for hydroxylation is 2. The highest BCUT2D eigenvalue weighted by atomic mass is 32.2. The Morgan fingerprint density at radius 1 is 0.967 bits per heavy atom. The third-order valence-electron chi connectivity index (χ3n) is 4.15. The van der Waals surface area contributed by atoms with E-state index in [0.717, 1.165) is 11.1 Å². The molecule has 0 atom stereocenters. The fourth-order valence-electron chi connectivity index (χ4n) is 2.32. The zero-order chi connectivity index (χ0) is 22.3. The lowest BCUT2D eigenvalue weighted by atomic mass is 10.1. The monoisotopic (exact) mass is 434 g/mol. The molecule has 30 heavy (non-hydrogen) atoms. The molecule has 1 amide bonds. The molecule has 0 spiro atoms. The molecule has 10 heteroatoms. The summed E-state index contributed by atoms with van der Waals surface area (Å²) in [4.78, 5) is 35.0. The predicted octanol–water partition coefficient (Wildman–Crippen LogP) is 1.55. The van der Waals surface area contributed by atoms with Gasteiger partial charge in [-0.15, -0.1) is 0 Å². The van der Waals surface area contributed by atoms with Crippen molar-refractivity contribution in [2.24, 2.45) is 0 Å². The van der Waals surface area contributed by atoms with E-state index in [0.29, 0.717) is 11.3 Å². The molecule has 9 nitrogen and oxygen atoms in total. The van der Waals surface area contributed by atoms with Gasteiger partial charge in [-0.3, -0.25) is 9.59 Å². The Morgan fingerprint density at radius 2 is 1.63 bits per heavy atom. The topological polar surface area (TPSA) is 128 Å². The Kier molecular flexibility index (Phi) is 7.67. The van der Waals surface area contributed by atoms with Crippen LogP contribution in [-0.2, 0) is 29.1 Å². The highest BCUT2D eigenvalue weighted by molar-refractivity contribution is 7.89. The molecule has 0 aliphatic heterocycles. The van der Waals surface area contributed by atoms with E-state index in [9.17, 15) is 22.8 Å². The van der Waals surface area contributed by atoms with Crippen molar-refractivity contribution in [1.29, 1.82) is 0 Å². The molecule has 0 radical (unpaired) electrons. The first-order chi connectivity index (χ1) is 14.1. The van der Waals surface area contributed by atoms with Crippen LogP contribution in [0.3, 0.4) is 0 Å². The zero-order valence-corrected chi connectivity index (χ0v) is 17.5. The van der Waals surface area contributed by atoms with Gasteiger partial charge in [-0.2, -0.15) is 4.72 Å². The number of sulfonamides is 1. The minimum Gasteiger partial charge on any atom is -0.465 e. The van der Waals surface area contributed by atoms with Crippen molar-refractivity contribution in [2.75, 3.05) is 25.6 Å². The Hall–Kier alpha value is -3.24. The van der Waals surface area contributed by atoms with Gasteiger partial charge in [0.2, 0.25) is 10.0 Å². The summed E-state index contributed by atoms with van der Waals surface area (Å²) in [6.07, 6.45) is 0. The number of esters is 2. The lowest BCUT2D eigenvalue weighted by Crippen LogP contribution is -2.32. The molecule has 0 aliphatic carbocycles. The first-order valence-electron chi connectivity index (χ1n) is 8.83. The van der Waals surface area contributed by atoms with Gasteiger partial charge < -0.3 is 14.8 Å². The minimum absolute atomic E-state index is 0.0338. The van der Waals surface area contributed by atoms with E-state index in [1.54, 1.807) is 13.0 Å². The molecule has 2 N–H and O–H groups in total. The van der Waals surface area contributed by atoms with Gasteiger partial charge in [-0.05, 0) is 61.4 Å². The SMILES string of the molecule is COC(=O)c1ccc(NC(=O)COC(=O)CNS(=O)(=O)c2ccc(C)c(C)c2)cc1. The van der Waals surface area contributed by atoms with Gasteiger partial charge in [0, 0.05) is 5.69 Å². The highest BCUT2D eigenvalue weighted by Crippen LogP contribution is 2.14. The van der Waals surface area contributed by atoms with E-state index in [2.05, 4.69) is 14.8 Å². The third kappa shape index (κ3) is 6.39. The van der Waals surface area contributed by atoms with Crippen LogP contribution in [0.4, 0.5) is 5.69 Å². The van der Waals surface area contributed by atoms with Crippen molar-refractivity contribution in [1.82, 2.24) is 4.72 Å². The lowest BCUT2D eigenvalue weighted by molar-refractivity contribution is -0.146. The molecule has 160 valence electrons. The minimum atomic E-state index is -3.88. The van der Waals surface area contributed by atoms with E-state index < -0.39 is 41.0 Å². The number of methoxy groups -OCH3 is 1. The van der Waals surface area contributed by atoms with Gasteiger partial charge in [0.15, 0.2) is 6.61 Å². The zero-order valence-electron chi connectivity index (χ0n) is 16.7. The van der Waals surface area contributed by atoms with Crippen LogP contribution in [0.5, 0.6) is 0 Å². The molecular weight excluding hydrogens is 412 g/mol. The van der Waals surface area contributed by atoms with Crippen LogP contribution in [0.15, 0.2) is 47.4 Å². The predicted molar refractivity (Wildman–Crippen MR) is 108 cm³/mol. The van der Waals surface area contributed by atoms with Crippen molar-refractivity contribution in [3.05, 3.63) is 59.2 Å². The molecule has 0 heterocycles. The number of carbonyl (C=O) groups excluding carboxylic acids is 3. The van der Waals surface area contributed by atoms with Crippen LogP contribution >= 0.6 is 0 Å². The number of hydrogen-bond donors (Lipinski definition) is 2. The Balaban J connectivity index is 1.81. The average Bonchev–Trinajstić information content (AvgIpc) is 2.72. The van der Waals surface area contributed by atoms with Crippen LogP contribution in [0.25, 0.3) is 0 Å². The summed E-state index contributed by atoms with van der Waals surface area (Å²) in [5.41, 5.74) is 2.45. The number of benzene rings is 2. The number of rotatable bonds is 8. The first-order valence-corrected chi connectivity index (χ1v) is 10.3. The molecule has 2 rings (SSSR count). The van der Waals surface area contributed by atoms with Gasteiger partial charge in [-0.25, -0.2) is 13.2 Å². The molecule has 0 fully saturated rings. The molecule has 0 saturated carbocycles. The smallest absolute Gasteiger partial charge is 0.337 e. The maximum absolute atomic E-state index is 12.2. The van der Waals surface area contributed by atoms with Gasteiger partial charge in [0.25, 0.3) is 5.91 Å². The second-order valence-electron chi connectivity index (χ2n) is 6.35. The summed E-state index contributed by atoms with van der Waals surface area (Å²) >= 11 is 0. The number of ether oxygens (including phenoxy) is 2. The number of carbonyl (C=O) groups is 3. The van der Waals surface area contributed by atoms with Crippen molar-refractivity contribution in [3.8, 4) is 0 Å². The standard InChI is InChI=1S/C20H22N2O7S/c1-13-4-9-17(10-14(13)2)30(26,27)21-11-19(24)29-12-18(23)22-16-7-5-15(6-8-16)20(25)28-3/h4-10,21H,11-12H2,1-3H3,(H,22,23). The second-order valence-corrected chi connectivity index (χ2v) is 8.12. The highest BCUT2D eigenvalue weighted by Gasteiger charge is 2.17. The summed E-state index contributed by atoms with van der Waals surface area (Å²) in [6, 6.07) is 10.5. The van der Waals surface area contributed by atoms with E-state index in [1.165, 1.54) is 43.5 Å². The summed E-state index contributed by atoms with van der Waals surface area (Å²) < 4.78 is 36.0. The Bertz CT molecular complexity index is 1050. The normalized spacial score (nSPS) is 10.9. The average molecular weight is 434 g/mol. The second kappa shape index (κ2) is 9.99. The van der Waals surface area contributed by atoms with Crippen molar-refractivity contribution in [3.63, 3.8) is 0 Å². The summed E-state index contributed by atoms with van der Waals surface area (Å²) in [5.74, 6) is -2.03. The van der Waals surface area contributed by atoms with Gasteiger partial charge >= 0.3 is 11.9 Å². The van der Waals surface area contributed by atoms with Crippen LogP contribution in [0.1, 0.15) is 21.5 Å². The van der Waals surface area contributed by atoms with Gasteiger partial charge in [-0.1, -0.05) is 6.07 Å². The fraction of sp³-hybridized carbons (Fsp3) is 0.250. The van der Waals surface area contributed by atoms with Gasteiger partial charge in [0.05, 0.1) is 17.6 Å². The number of nitrogens with one attached hydrogen (secondary N) is 2. The van der Waals surface area contributed by atoms with Crippen molar-refractivity contribution in [2.45, 2.75) is 18.7 Å². The van der Waals surface area contributed by atoms with E-state index >= 15 is 0 Å². The van der Waals surface area contributed by atoms with E-state index in [-0.39, 0.29) is 4.90 Å². The Labute approximate surface area is 174 Å². The Morgan fingerprint density at radius 3 is 2.23 bits per heavy atom. The number of amides is 1. The van der Waals surface area contributed by atoms with Crippen molar-refractivity contribution >= 4 is 33.6 Å². The number of anilines is 1. The maximum atomic E-state index is 12.2. The molecular formula is C20H22N2O7S. The summed E-state index contributed by atoms with van der Waals surface area (Å²) in [6.45, 7) is 2.43. The molecule has 0 bridgehead atoms. The van der Waals surface area contributed by atoms with E-state index in [1.807, 2.05) is 6.92 Å². The van der Waals surface area contributed by atoms with Crippen LogP contribution in [-0.4, -0.2) is 46.5 Å². The first kappa shape index (κ1) is 23.0. The lowest BCUT2D eigenvalue weighted by Gasteiger charge is -2.09. The van der Waals surface area contributed by atoms with Crippen LogP contribution < -0.4 is 10.0 Å². The maximum Gasteiger partial charge on any atom is 0.337 e. The fourth-order valence-corrected chi connectivity index (χ4v) is 3.37. The van der Waals surface area contributed by atoms with Gasteiger partial charge in [0.1, 0.15) is 6.54 Å². The molecule has 2 aromatic carbocycles. The molecule has 2 aromatic rings. The van der Waals surface area contributed by atoms with Crippen LogP contribution in [0, 0.1) is 13.8 Å². The van der Waals surface area contributed by atoms with E-state index in [4.69, 9.17) is 4.74 Å². The molecule has 0 aliphatic rings.